The number of hydrogen-bond donors (Lipinski definition) is 0. The summed E-state index contributed by atoms with van der Waals surface area (Å²) in [7, 11) is 0. The first kappa shape index (κ1) is 14.2. The highest BCUT2D eigenvalue weighted by atomic mass is 79.9. The van der Waals surface area contributed by atoms with Crippen LogP contribution in [0.4, 0.5) is 0 Å². The number of ketones is 1. The molecule has 0 saturated heterocycles. The number of nitrogens with zero attached hydrogens (tertiary/aromatic N) is 1. The molecule has 0 unspecified atom stereocenters. The van der Waals surface area contributed by atoms with Gasteiger partial charge in [-0.1, -0.05) is 45.4 Å². The minimum absolute atomic E-state index is 0.00130. The van der Waals surface area contributed by atoms with E-state index in [9.17, 15) is 14.4 Å². The van der Waals surface area contributed by atoms with Gasteiger partial charge >= 0.3 is 5.97 Å². The molecule has 0 spiro atoms. The Morgan fingerprint density at radius 3 is 2.67 bits per heavy atom. The SMILES string of the molecule is C/C(=N\OC(=O)CBr)C(=O)c1ccccc1C=O. The Morgan fingerprint density at radius 1 is 1.39 bits per heavy atom. The van der Waals surface area contributed by atoms with Crippen LogP contribution in [0.25, 0.3) is 0 Å². The Morgan fingerprint density at radius 2 is 2.06 bits per heavy atom. The first-order valence-electron chi connectivity index (χ1n) is 4.99. The Bertz CT molecular complexity index is 511. The molecule has 0 N–H and O–H groups in total. The second-order valence-corrected chi connectivity index (χ2v) is 3.87. The number of carbonyl (C=O) groups excluding carboxylic acids is 3. The minimum atomic E-state index is -0.606. The Labute approximate surface area is 112 Å². The summed E-state index contributed by atoms with van der Waals surface area (Å²) in [5.41, 5.74) is 0.492. The van der Waals surface area contributed by atoms with Crippen LogP contribution in [-0.2, 0) is 9.63 Å². The number of halogens is 1. The molecule has 0 aromatic heterocycles. The normalized spacial score (nSPS) is 10.9. The third-order valence-corrected chi connectivity index (χ3v) is 2.51. The topological polar surface area (TPSA) is 72.8 Å². The van der Waals surface area contributed by atoms with Gasteiger partial charge in [-0.3, -0.25) is 9.59 Å². The summed E-state index contributed by atoms with van der Waals surface area (Å²) in [6.45, 7) is 1.41. The van der Waals surface area contributed by atoms with Crippen molar-refractivity contribution in [1.29, 1.82) is 0 Å². The molecule has 0 radical (unpaired) electrons. The Kier molecular flexibility index (Phi) is 5.38. The van der Waals surface area contributed by atoms with Gasteiger partial charge < -0.3 is 4.84 Å². The van der Waals surface area contributed by atoms with Crippen molar-refractivity contribution >= 4 is 39.7 Å². The smallest absolute Gasteiger partial charge is 0.317 e. The molecule has 0 aliphatic heterocycles. The molecule has 5 nitrogen and oxygen atoms in total. The number of alkyl halides is 1. The second kappa shape index (κ2) is 6.80. The zero-order chi connectivity index (χ0) is 13.5. The number of aldehydes is 1. The van der Waals surface area contributed by atoms with Crippen LogP contribution in [0.15, 0.2) is 29.4 Å². The molecule has 0 fully saturated rings. The van der Waals surface area contributed by atoms with Crippen LogP contribution in [-0.4, -0.2) is 29.1 Å². The highest BCUT2D eigenvalue weighted by molar-refractivity contribution is 9.09. The number of carbonyl (C=O) groups is 3. The monoisotopic (exact) mass is 311 g/mol. The summed E-state index contributed by atoms with van der Waals surface area (Å²) >= 11 is 2.89. The van der Waals surface area contributed by atoms with Crippen molar-refractivity contribution in [1.82, 2.24) is 0 Å². The van der Waals surface area contributed by atoms with Crippen LogP contribution < -0.4 is 0 Å². The standard InChI is InChI=1S/C12H10BrNO4/c1-8(14-18-11(16)6-13)12(17)10-5-3-2-4-9(10)7-15/h2-5,7H,6H2,1H3/b14-8+. The van der Waals surface area contributed by atoms with E-state index in [-0.39, 0.29) is 22.2 Å². The molecule has 0 saturated carbocycles. The van der Waals surface area contributed by atoms with Gasteiger partial charge in [0.1, 0.15) is 11.0 Å². The summed E-state index contributed by atoms with van der Waals surface area (Å²) in [4.78, 5) is 38.0. The van der Waals surface area contributed by atoms with Gasteiger partial charge in [-0.25, -0.2) is 4.79 Å². The third-order valence-electron chi connectivity index (χ3n) is 2.05. The predicted octanol–water partition coefficient (Wildman–Crippen LogP) is 2.00. The number of rotatable bonds is 5. The molecule has 1 rings (SSSR count). The van der Waals surface area contributed by atoms with E-state index in [0.29, 0.717) is 6.29 Å². The number of hydrogen-bond acceptors (Lipinski definition) is 5. The summed E-state index contributed by atoms with van der Waals surface area (Å²) in [5.74, 6) is -1.06. The first-order chi connectivity index (χ1) is 8.60. The number of Topliss-reactive ketones (excluding diaryl/α,β-unsaturated/α-hetero) is 1. The minimum Gasteiger partial charge on any atom is -0.317 e. The van der Waals surface area contributed by atoms with Crippen molar-refractivity contribution in [2.75, 3.05) is 5.33 Å². The molecule has 0 aliphatic carbocycles. The molecule has 0 amide bonds. The highest BCUT2D eigenvalue weighted by Crippen LogP contribution is 2.08. The average Bonchev–Trinajstić information content (AvgIpc) is 2.43. The molecule has 0 atom stereocenters. The largest absolute Gasteiger partial charge is 0.345 e. The Hall–Kier alpha value is -1.82. The second-order valence-electron chi connectivity index (χ2n) is 3.31. The summed E-state index contributed by atoms with van der Waals surface area (Å²) < 4.78 is 0. The van der Waals surface area contributed by atoms with E-state index in [4.69, 9.17) is 0 Å². The maximum atomic E-state index is 11.9. The lowest BCUT2D eigenvalue weighted by Crippen LogP contribution is -2.14. The van der Waals surface area contributed by atoms with Gasteiger partial charge in [0, 0.05) is 11.1 Å². The van der Waals surface area contributed by atoms with E-state index in [1.54, 1.807) is 12.1 Å². The van der Waals surface area contributed by atoms with E-state index in [2.05, 4.69) is 25.9 Å². The summed E-state index contributed by atoms with van der Waals surface area (Å²) in [6, 6.07) is 6.32. The summed E-state index contributed by atoms with van der Waals surface area (Å²) in [5, 5.41) is 3.41. The average molecular weight is 312 g/mol. The van der Waals surface area contributed by atoms with E-state index in [0.717, 1.165) is 0 Å². The lowest BCUT2D eigenvalue weighted by atomic mass is 10.0. The van der Waals surface area contributed by atoms with Crippen LogP contribution in [0.5, 0.6) is 0 Å². The highest BCUT2D eigenvalue weighted by Gasteiger charge is 2.14. The van der Waals surface area contributed by atoms with Crippen molar-refractivity contribution < 1.29 is 19.2 Å². The van der Waals surface area contributed by atoms with Crippen molar-refractivity contribution in [2.24, 2.45) is 5.16 Å². The molecule has 18 heavy (non-hydrogen) atoms. The van der Waals surface area contributed by atoms with E-state index in [1.807, 2.05) is 0 Å². The Balaban J connectivity index is 2.93. The fourth-order valence-corrected chi connectivity index (χ4v) is 1.29. The van der Waals surface area contributed by atoms with E-state index >= 15 is 0 Å². The van der Waals surface area contributed by atoms with Crippen LogP contribution in [0.1, 0.15) is 27.6 Å². The van der Waals surface area contributed by atoms with Crippen LogP contribution in [0.3, 0.4) is 0 Å². The third kappa shape index (κ3) is 3.59. The molecule has 94 valence electrons. The zero-order valence-corrected chi connectivity index (χ0v) is 11.1. The quantitative estimate of drug-likeness (QED) is 0.208. The molecule has 0 heterocycles. The van der Waals surface area contributed by atoms with Crippen molar-refractivity contribution in [3.05, 3.63) is 35.4 Å². The maximum Gasteiger partial charge on any atom is 0.345 e. The number of benzene rings is 1. The number of oxime groups is 1. The maximum absolute atomic E-state index is 11.9. The fourth-order valence-electron chi connectivity index (χ4n) is 1.19. The zero-order valence-electron chi connectivity index (χ0n) is 9.55. The van der Waals surface area contributed by atoms with E-state index < -0.39 is 11.8 Å². The summed E-state index contributed by atoms with van der Waals surface area (Å²) in [6.07, 6.45) is 0.588. The fraction of sp³-hybridized carbons (Fsp3) is 0.167. The first-order valence-corrected chi connectivity index (χ1v) is 6.11. The van der Waals surface area contributed by atoms with Crippen LogP contribution >= 0.6 is 15.9 Å². The predicted molar refractivity (Wildman–Crippen MR) is 69.2 cm³/mol. The molecule has 0 bridgehead atoms. The van der Waals surface area contributed by atoms with E-state index in [1.165, 1.54) is 19.1 Å². The van der Waals surface area contributed by atoms with Gasteiger partial charge in [0.2, 0.25) is 5.78 Å². The van der Waals surface area contributed by atoms with Crippen LogP contribution in [0, 0.1) is 0 Å². The van der Waals surface area contributed by atoms with Gasteiger partial charge in [0.15, 0.2) is 6.29 Å². The lowest BCUT2D eigenvalue weighted by molar-refractivity contribution is -0.140. The van der Waals surface area contributed by atoms with Crippen molar-refractivity contribution in [3.63, 3.8) is 0 Å². The molecule has 1 aromatic rings. The van der Waals surface area contributed by atoms with Crippen LogP contribution in [0.2, 0.25) is 0 Å². The van der Waals surface area contributed by atoms with Crippen molar-refractivity contribution in [3.8, 4) is 0 Å². The molecule has 0 aliphatic rings. The molecule has 1 aromatic carbocycles. The molecular formula is C12H10BrNO4. The van der Waals surface area contributed by atoms with Gasteiger partial charge in [-0.05, 0) is 6.92 Å². The van der Waals surface area contributed by atoms with Crippen molar-refractivity contribution in [2.45, 2.75) is 6.92 Å². The molecule has 6 heteroatoms. The van der Waals surface area contributed by atoms with Gasteiger partial charge in [0.25, 0.3) is 0 Å². The van der Waals surface area contributed by atoms with Gasteiger partial charge in [-0.15, -0.1) is 0 Å². The van der Waals surface area contributed by atoms with Gasteiger partial charge in [0.05, 0.1) is 0 Å². The lowest BCUT2D eigenvalue weighted by Gasteiger charge is -2.02. The molecular weight excluding hydrogens is 302 g/mol. The van der Waals surface area contributed by atoms with Gasteiger partial charge in [-0.2, -0.15) is 0 Å².